The van der Waals surface area contributed by atoms with Crippen LogP contribution in [0.15, 0.2) is 58.6 Å². The number of H-pyrrole nitrogens is 1. The van der Waals surface area contributed by atoms with Gasteiger partial charge in [0.15, 0.2) is 0 Å². The Bertz CT molecular complexity index is 1020. The van der Waals surface area contributed by atoms with Crippen LogP contribution >= 0.6 is 0 Å². The molecule has 0 saturated heterocycles. The molecule has 1 atom stereocenters. The van der Waals surface area contributed by atoms with Gasteiger partial charge in [-0.3, -0.25) is 9.78 Å². The molecular formula is C22H27N5O2. The minimum Gasteiger partial charge on any atom is -0.364 e. The first-order valence-electron chi connectivity index (χ1n) is 9.72. The third-order valence-electron chi connectivity index (χ3n) is 5.14. The summed E-state index contributed by atoms with van der Waals surface area (Å²) in [5.74, 6) is -0.697. The standard InChI is InChI=1S/C22H27N5O2/c1-4-14(2)8-7-9-15(3)12-19-25-16-10-5-6-11-17(16)27(19)18-13-24-22(29)26-20(18)21(23)28/h4-6,9-11,13,19,25H,7-8,12H2,1-3H3,(H2,23,28)(H,24,26,29). The molecule has 0 spiro atoms. The predicted molar refractivity (Wildman–Crippen MR) is 116 cm³/mol. The van der Waals surface area contributed by atoms with Crippen molar-refractivity contribution < 1.29 is 4.79 Å². The van der Waals surface area contributed by atoms with Gasteiger partial charge in [-0.1, -0.05) is 35.4 Å². The number of para-hydroxylation sites is 2. The Balaban J connectivity index is 1.93. The quantitative estimate of drug-likeness (QED) is 0.620. The van der Waals surface area contributed by atoms with Crippen LogP contribution in [0.1, 0.15) is 50.5 Å². The minimum absolute atomic E-state index is 0.0545. The molecule has 3 rings (SSSR count). The molecule has 2 heterocycles. The molecule has 1 aliphatic heterocycles. The molecule has 0 radical (unpaired) electrons. The molecule has 7 heteroatoms. The number of anilines is 3. The first-order chi connectivity index (χ1) is 13.9. The molecule has 1 aromatic heterocycles. The van der Waals surface area contributed by atoms with Crippen LogP contribution in [0.5, 0.6) is 0 Å². The summed E-state index contributed by atoms with van der Waals surface area (Å²) < 4.78 is 0. The third-order valence-corrected chi connectivity index (χ3v) is 5.14. The Hall–Kier alpha value is -3.35. The summed E-state index contributed by atoms with van der Waals surface area (Å²) in [6.07, 6.45) is 8.41. The lowest BCUT2D eigenvalue weighted by Gasteiger charge is -2.28. The molecule has 1 unspecified atom stereocenters. The van der Waals surface area contributed by atoms with E-state index in [9.17, 15) is 9.59 Å². The smallest absolute Gasteiger partial charge is 0.345 e. The second-order valence-corrected chi connectivity index (χ2v) is 7.29. The zero-order chi connectivity index (χ0) is 21.0. The number of aromatic amines is 1. The lowest BCUT2D eigenvalue weighted by atomic mass is 10.1. The Kier molecular flexibility index (Phi) is 6.16. The van der Waals surface area contributed by atoms with E-state index in [2.05, 4.69) is 48.2 Å². The van der Waals surface area contributed by atoms with Gasteiger partial charge in [0.25, 0.3) is 5.91 Å². The van der Waals surface area contributed by atoms with Crippen LogP contribution in [0, 0.1) is 0 Å². The van der Waals surface area contributed by atoms with Crippen molar-refractivity contribution in [3.8, 4) is 0 Å². The number of nitrogens with two attached hydrogens (primary N) is 1. The summed E-state index contributed by atoms with van der Waals surface area (Å²) in [5, 5.41) is 3.51. The Morgan fingerprint density at radius 3 is 2.72 bits per heavy atom. The highest BCUT2D eigenvalue weighted by atomic mass is 16.2. The Morgan fingerprint density at radius 1 is 1.24 bits per heavy atom. The van der Waals surface area contributed by atoms with E-state index in [-0.39, 0.29) is 11.9 Å². The fourth-order valence-electron chi connectivity index (χ4n) is 3.49. The Labute approximate surface area is 170 Å². The molecule has 0 aliphatic carbocycles. The number of aromatic nitrogens is 2. The highest BCUT2D eigenvalue weighted by Gasteiger charge is 2.32. The number of carbonyl (C=O) groups excluding carboxylic acids is 1. The second kappa shape index (κ2) is 8.77. The maximum atomic E-state index is 12.0. The number of hydrogen-bond donors (Lipinski definition) is 3. The average molecular weight is 393 g/mol. The van der Waals surface area contributed by atoms with Gasteiger partial charge in [-0.25, -0.2) is 4.79 Å². The van der Waals surface area contributed by atoms with Crippen molar-refractivity contribution in [1.29, 1.82) is 0 Å². The van der Waals surface area contributed by atoms with Crippen molar-refractivity contribution in [2.45, 2.75) is 46.2 Å². The van der Waals surface area contributed by atoms with E-state index < -0.39 is 11.6 Å². The minimum atomic E-state index is -0.697. The van der Waals surface area contributed by atoms with Crippen molar-refractivity contribution in [1.82, 2.24) is 9.97 Å². The molecule has 4 N–H and O–H groups in total. The monoisotopic (exact) mass is 393 g/mol. The van der Waals surface area contributed by atoms with E-state index >= 15 is 0 Å². The summed E-state index contributed by atoms with van der Waals surface area (Å²) in [6.45, 7) is 6.29. The molecule has 1 aromatic carbocycles. The van der Waals surface area contributed by atoms with E-state index in [1.165, 1.54) is 17.3 Å². The highest BCUT2D eigenvalue weighted by Crippen LogP contribution is 2.41. The van der Waals surface area contributed by atoms with Gasteiger partial charge in [0, 0.05) is 6.42 Å². The molecule has 1 amide bonds. The normalized spacial score (nSPS) is 16.5. The maximum absolute atomic E-state index is 12.0. The van der Waals surface area contributed by atoms with E-state index in [0.29, 0.717) is 5.69 Å². The lowest BCUT2D eigenvalue weighted by Crippen LogP contribution is -2.35. The number of nitrogens with one attached hydrogen (secondary N) is 2. The van der Waals surface area contributed by atoms with Crippen molar-refractivity contribution in [3.63, 3.8) is 0 Å². The average Bonchev–Trinajstić information content (AvgIpc) is 3.05. The van der Waals surface area contributed by atoms with E-state index in [1.807, 2.05) is 29.2 Å². The predicted octanol–water partition coefficient (Wildman–Crippen LogP) is 3.84. The van der Waals surface area contributed by atoms with Gasteiger partial charge in [-0.2, -0.15) is 4.98 Å². The van der Waals surface area contributed by atoms with Crippen LogP contribution in [0.2, 0.25) is 0 Å². The maximum Gasteiger partial charge on any atom is 0.345 e. The molecule has 152 valence electrons. The number of benzene rings is 1. The molecule has 2 aromatic rings. The van der Waals surface area contributed by atoms with Gasteiger partial charge < -0.3 is 16.0 Å². The summed E-state index contributed by atoms with van der Waals surface area (Å²) in [4.78, 5) is 31.9. The van der Waals surface area contributed by atoms with Crippen LogP contribution in [0.4, 0.5) is 17.1 Å². The van der Waals surface area contributed by atoms with Crippen LogP contribution in [-0.4, -0.2) is 22.0 Å². The fourth-order valence-corrected chi connectivity index (χ4v) is 3.49. The van der Waals surface area contributed by atoms with Crippen molar-refractivity contribution >= 4 is 23.0 Å². The van der Waals surface area contributed by atoms with Crippen LogP contribution in [0.25, 0.3) is 0 Å². The van der Waals surface area contributed by atoms with Gasteiger partial charge in [0.1, 0.15) is 11.9 Å². The molecular weight excluding hydrogens is 366 g/mol. The fraction of sp³-hybridized carbons (Fsp3) is 0.318. The number of primary amides is 1. The SMILES string of the molecule is CC=C(C)CCC=C(C)CC1Nc2ccccc2N1c1cnc(=O)[nH]c1C(N)=O. The van der Waals surface area contributed by atoms with E-state index in [1.54, 1.807) is 0 Å². The molecule has 0 saturated carbocycles. The molecule has 1 aliphatic rings. The molecule has 0 bridgehead atoms. The first-order valence-corrected chi connectivity index (χ1v) is 9.72. The number of allylic oxidation sites excluding steroid dienone is 3. The lowest BCUT2D eigenvalue weighted by molar-refractivity contribution is 0.0995. The number of rotatable bonds is 7. The van der Waals surface area contributed by atoms with Crippen LogP contribution < -0.4 is 21.6 Å². The van der Waals surface area contributed by atoms with Crippen LogP contribution in [-0.2, 0) is 0 Å². The summed E-state index contributed by atoms with van der Waals surface area (Å²) in [5.41, 5.74) is 9.93. The van der Waals surface area contributed by atoms with Crippen molar-refractivity contribution in [2.24, 2.45) is 5.73 Å². The highest BCUT2D eigenvalue weighted by molar-refractivity contribution is 5.98. The van der Waals surface area contributed by atoms with E-state index in [0.717, 1.165) is 30.6 Å². The van der Waals surface area contributed by atoms with E-state index in [4.69, 9.17) is 5.73 Å². The van der Waals surface area contributed by atoms with Crippen LogP contribution in [0.3, 0.4) is 0 Å². The number of fused-ring (bicyclic) bond motifs is 1. The zero-order valence-electron chi connectivity index (χ0n) is 17.0. The summed E-state index contributed by atoms with van der Waals surface area (Å²) in [7, 11) is 0. The Morgan fingerprint density at radius 2 is 2.00 bits per heavy atom. The van der Waals surface area contributed by atoms with Gasteiger partial charge in [-0.15, -0.1) is 0 Å². The van der Waals surface area contributed by atoms with Crippen molar-refractivity contribution in [2.75, 3.05) is 10.2 Å². The topological polar surface area (TPSA) is 104 Å². The van der Waals surface area contributed by atoms with Gasteiger partial charge >= 0.3 is 5.69 Å². The number of hydrogen-bond acceptors (Lipinski definition) is 5. The van der Waals surface area contributed by atoms with Crippen molar-refractivity contribution in [3.05, 3.63) is 69.9 Å². The first kappa shape index (κ1) is 20.4. The van der Waals surface area contributed by atoms with Gasteiger partial charge in [0.05, 0.1) is 23.3 Å². The largest absolute Gasteiger partial charge is 0.364 e. The third kappa shape index (κ3) is 4.56. The van der Waals surface area contributed by atoms with Gasteiger partial charge in [-0.05, 0) is 45.7 Å². The summed E-state index contributed by atoms with van der Waals surface area (Å²) in [6, 6.07) is 7.84. The number of nitrogens with zero attached hydrogens (tertiary/aromatic N) is 2. The molecule has 7 nitrogen and oxygen atoms in total. The zero-order valence-corrected chi connectivity index (χ0v) is 17.0. The second-order valence-electron chi connectivity index (χ2n) is 7.29. The molecule has 29 heavy (non-hydrogen) atoms. The number of amides is 1. The van der Waals surface area contributed by atoms with Gasteiger partial charge in [0.2, 0.25) is 0 Å². The summed E-state index contributed by atoms with van der Waals surface area (Å²) >= 11 is 0. The molecule has 0 fully saturated rings. The number of carbonyl (C=O) groups is 1.